The van der Waals surface area contributed by atoms with Crippen molar-refractivity contribution in [3.8, 4) is 5.75 Å². The highest BCUT2D eigenvalue weighted by Gasteiger charge is 1.94. The molecule has 1 aromatic carbocycles. The van der Waals surface area contributed by atoms with Gasteiger partial charge in [0.15, 0.2) is 0 Å². The lowest BCUT2D eigenvalue weighted by molar-refractivity contribution is 0.447. The van der Waals surface area contributed by atoms with Crippen molar-refractivity contribution in [2.75, 3.05) is 5.73 Å². The van der Waals surface area contributed by atoms with Gasteiger partial charge in [-0.3, -0.25) is 0 Å². The highest BCUT2D eigenvalue weighted by molar-refractivity contribution is 5.42. The molecule has 0 radical (unpaired) electrons. The number of nitrogens with two attached hydrogens (primary N) is 2. The summed E-state index contributed by atoms with van der Waals surface area (Å²) in [7, 11) is 0. The van der Waals surface area contributed by atoms with Gasteiger partial charge in [0.1, 0.15) is 11.5 Å². The largest absolute Gasteiger partial charge is 0.458 e. The SMILES string of the molecule is C=C(/C=C\C(N)=C/C)Oc1ccc(N)cc1. The van der Waals surface area contributed by atoms with Crippen LogP contribution in [0, 0.1) is 0 Å². The van der Waals surface area contributed by atoms with Crippen molar-refractivity contribution >= 4 is 5.69 Å². The molecule has 3 heteroatoms. The van der Waals surface area contributed by atoms with E-state index in [-0.39, 0.29) is 0 Å². The second-order valence-corrected chi connectivity index (χ2v) is 3.26. The first-order valence-electron chi connectivity index (χ1n) is 4.94. The van der Waals surface area contributed by atoms with E-state index in [0.29, 0.717) is 22.9 Å². The zero-order valence-electron chi connectivity index (χ0n) is 9.31. The fraction of sp³-hybridized carbons (Fsp3) is 0.0769. The number of rotatable bonds is 4. The van der Waals surface area contributed by atoms with Crippen LogP contribution in [0.15, 0.2) is 60.5 Å². The summed E-state index contributed by atoms with van der Waals surface area (Å²) in [6.45, 7) is 5.62. The number of hydrogen-bond acceptors (Lipinski definition) is 3. The number of nitrogen functional groups attached to an aromatic ring is 1. The summed E-state index contributed by atoms with van der Waals surface area (Å²) in [5, 5.41) is 0. The van der Waals surface area contributed by atoms with Gasteiger partial charge in [-0.15, -0.1) is 0 Å². The Morgan fingerprint density at radius 3 is 2.44 bits per heavy atom. The Morgan fingerprint density at radius 2 is 1.88 bits per heavy atom. The van der Waals surface area contributed by atoms with E-state index >= 15 is 0 Å². The Balaban J connectivity index is 2.58. The number of benzene rings is 1. The molecule has 3 nitrogen and oxygen atoms in total. The van der Waals surface area contributed by atoms with E-state index in [1.807, 2.05) is 6.92 Å². The lowest BCUT2D eigenvalue weighted by Crippen LogP contribution is -1.94. The predicted octanol–water partition coefficient (Wildman–Crippen LogP) is 2.58. The smallest absolute Gasteiger partial charge is 0.127 e. The molecule has 84 valence electrons. The number of hydrogen-bond donors (Lipinski definition) is 2. The molecule has 0 aromatic heterocycles. The van der Waals surface area contributed by atoms with Crippen LogP contribution in [-0.2, 0) is 0 Å². The van der Waals surface area contributed by atoms with E-state index in [2.05, 4.69) is 6.58 Å². The summed E-state index contributed by atoms with van der Waals surface area (Å²) in [5.41, 5.74) is 12.5. The maximum absolute atomic E-state index is 5.60. The molecular formula is C13H16N2O. The van der Waals surface area contributed by atoms with Crippen LogP contribution in [0.5, 0.6) is 5.75 Å². The molecule has 0 fully saturated rings. The first kappa shape index (κ1) is 11.9. The Kier molecular flexibility index (Phi) is 4.21. The first-order chi connectivity index (χ1) is 7.61. The van der Waals surface area contributed by atoms with Gasteiger partial charge in [-0.1, -0.05) is 12.7 Å². The predicted molar refractivity (Wildman–Crippen MR) is 67.7 cm³/mol. The standard InChI is InChI=1S/C13H16N2O/c1-3-11(14)5-4-10(2)16-13-8-6-12(15)7-9-13/h3-9H,2,14-15H2,1H3/b5-4-,11-3+. The molecule has 0 bridgehead atoms. The maximum atomic E-state index is 5.60. The molecule has 0 amide bonds. The van der Waals surface area contributed by atoms with Gasteiger partial charge in [-0.2, -0.15) is 0 Å². The summed E-state index contributed by atoms with van der Waals surface area (Å²) in [5.74, 6) is 1.22. The van der Waals surface area contributed by atoms with Gasteiger partial charge in [0.2, 0.25) is 0 Å². The van der Waals surface area contributed by atoms with Crippen LogP contribution in [0.4, 0.5) is 5.69 Å². The van der Waals surface area contributed by atoms with E-state index in [1.54, 1.807) is 42.5 Å². The number of allylic oxidation sites excluding steroid dienone is 3. The minimum atomic E-state index is 0.523. The summed E-state index contributed by atoms with van der Waals surface area (Å²) in [6, 6.07) is 7.11. The summed E-state index contributed by atoms with van der Waals surface area (Å²) >= 11 is 0. The summed E-state index contributed by atoms with van der Waals surface area (Å²) in [6.07, 6.45) is 5.25. The number of ether oxygens (including phenoxy) is 1. The minimum absolute atomic E-state index is 0.523. The molecular weight excluding hydrogens is 200 g/mol. The van der Waals surface area contributed by atoms with E-state index in [4.69, 9.17) is 16.2 Å². The maximum Gasteiger partial charge on any atom is 0.127 e. The average molecular weight is 216 g/mol. The second-order valence-electron chi connectivity index (χ2n) is 3.26. The Labute approximate surface area is 95.7 Å². The molecule has 4 N–H and O–H groups in total. The van der Waals surface area contributed by atoms with Crippen molar-refractivity contribution < 1.29 is 4.74 Å². The Hall–Kier alpha value is -2.16. The van der Waals surface area contributed by atoms with Crippen LogP contribution >= 0.6 is 0 Å². The second kappa shape index (κ2) is 5.66. The highest BCUT2D eigenvalue weighted by atomic mass is 16.5. The Morgan fingerprint density at radius 1 is 1.25 bits per heavy atom. The van der Waals surface area contributed by atoms with Gasteiger partial charge in [-0.25, -0.2) is 0 Å². The van der Waals surface area contributed by atoms with Crippen molar-refractivity contribution in [1.82, 2.24) is 0 Å². The topological polar surface area (TPSA) is 61.3 Å². The number of anilines is 1. The van der Waals surface area contributed by atoms with Crippen LogP contribution in [-0.4, -0.2) is 0 Å². The molecule has 0 aliphatic heterocycles. The van der Waals surface area contributed by atoms with E-state index in [9.17, 15) is 0 Å². The molecule has 0 atom stereocenters. The molecule has 0 aliphatic carbocycles. The van der Waals surface area contributed by atoms with Crippen LogP contribution in [0.3, 0.4) is 0 Å². The third kappa shape index (κ3) is 3.92. The van der Waals surface area contributed by atoms with Crippen LogP contribution < -0.4 is 16.2 Å². The zero-order valence-corrected chi connectivity index (χ0v) is 9.31. The summed E-state index contributed by atoms with van der Waals surface area (Å²) in [4.78, 5) is 0. The normalized spacial score (nSPS) is 11.7. The highest BCUT2D eigenvalue weighted by Crippen LogP contribution is 2.15. The van der Waals surface area contributed by atoms with Gasteiger partial charge in [-0.05, 0) is 43.3 Å². The fourth-order valence-corrected chi connectivity index (χ4v) is 1.01. The van der Waals surface area contributed by atoms with Gasteiger partial charge < -0.3 is 16.2 Å². The third-order valence-corrected chi connectivity index (χ3v) is 1.92. The Bertz CT molecular complexity index is 416. The van der Waals surface area contributed by atoms with E-state index < -0.39 is 0 Å². The van der Waals surface area contributed by atoms with E-state index in [1.165, 1.54) is 0 Å². The van der Waals surface area contributed by atoms with Crippen LogP contribution in [0.25, 0.3) is 0 Å². The van der Waals surface area contributed by atoms with Crippen molar-refractivity contribution in [3.05, 3.63) is 60.5 Å². The lowest BCUT2D eigenvalue weighted by Gasteiger charge is -2.04. The molecule has 0 spiro atoms. The van der Waals surface area contributed by atoms with Gasteiger partial charge >= 0.3 is 0 Å². The van der Waals surface area contributed by atoms with Gasteiger partial charge in [0.05, 0.1) is 0 Å². The molecule has 1 rings (SSSR count). The zero-order chi connectivity index (χ0) is 12.0. The van der Waals surface area contributed by atoms with Crippen LogP contribution in [0.2, 0.25) is 0 Å². The third-order valence-electron chi connectivity index (χ3n) is 1.92. The average Bonchev–Trinajstić information content (AvgIpc) is 2.29. The van der Waals surface area contributed by atoms with Crippen LogP contribution in [0.1, 0.15) is 6.92 Å². The first-order valence-corrected chi connectivity index (χ1v) is 4.94. The monoisotopic (exact) mass is 216 g/mol. The molecule has 0 saturated carbocycles. The van der Waals surface area contributed by atoms with Crippen molar-refractivity contribution in [2.24, 2.45) is 5.73 Å². The fourth-order valence-electron chi connectivity index (χ4n) is 1.01. The minimum Gasteiger partial charge on any atom is -0.458 e. The van der Waals surface area contributed by atoms with Crippen molar-refractivity contribution in [3.63, 3.8) is 0 Å². The van der Waals surface area contributed by atoms with Gasteiger partial charge in [0, 0.05) is 11.4 Å². The van der Waals surface area contributed by atoms with Gasteiger partial charge in [0.25, 0.3) is 0 Å². The van der Waals surface area contributed by atoms with E-state index in [0.717, 1.165) is 0 Å². The molecule has 0 aliphatic rings. The van der Waals surface area contributed by atoms with Crippen molar-refractivity contribution in [2.45, 2.75) is 6.92 Å². The molecule has 0 saturated heterocycles. The quantitative estimate of drug-likeness (QED) is 0.462. The summed E-state index contributed by atoms with van der Waals surface area (Å²) < 4.78 is 5.44. The molecule has 16 heavy (non-hydrogen) atoms. The lowest BCUT2D eigenvalue weighted by atomic mass is 10.3. The molecule has 0 unspecified atom stereocenters. The molecule has 0 heterocycles. The van der Waals surface area contributed by atoms with Crippen molar-refractivity contribution in [1.29, 1.82) is 0 Å². The molecule has 1 aromatic rings.